The van der Waals surface area contributed by atoms with Gasteiger partial charge < -0.3 is 19.6 Å². The van der Waals surface area contributed by atoms with Gasteiger partial charge in [-0.3, -0.25) is 9.59 Å². The molecule has 3 unspecified atom stereocenters. The van der Waals surface area contributed by atoms with Gasteiger partial charge in [-0.2, -0.15) is 0 Å². The van der Waals surface area contributed by atoms with Crippen molar-refractivity contribution in [1.29, 1.82) is 0 Å². The van der Waals surface area contributed by atoms with Gasteiger partial charge in [0.15, 0.2) is 0 Å². The van der Waals surface area contributed by atoms with Crippen molar-refractivity contribution in [1.82, 2.24) is 4.90 Å². The quantitative estimate of drug-likeness (QED) is 0.615. The molecule has 1 aliphatic heterocycles. The first-order valence-electron chi connectivity index (χ1n) is 11.2. The van der Waals surface area contributed by atoms with Gasteiger partial charge in [0, 0.05) is 29.4 Å². The minimum Gasteiger partial charge on any atom is -0.480 e. The number of carboxylic acid groups (broad SMARTS) is 1. The molecule has 4 rings (SSSR count). The van der Waals surface area contributed by atoms with Crippen molar-refractivity contribution in [3.05, 3.63) is 42.1 Å². The zero-order valence-electron chi connectivity index (χ0n) is 17.8. The molecule has 6 nitrogen and oxygen atoms in total. The van der Waals surface area contributed by atoms with E-state index < -0.39 is 5.97 Å². The van der Waals surface area contributed by atoms with Gasteiger partial charge in [0.25, 0.3) is 0 Å². The molecule has 6 heteroatoms. The van der Waals surface area contributed by atoms with Crippen LogP contribution in [-0.2, 0) is 14.3 Å². The third-order valence-corrected chi connectivity index (χ3v) is 6.74. The molecule has 1 heterocycles. The molecule has 3 atom stereocenters. The maximum atomic E-state index is 11.9. The summed E-state index contributed by atoms with van der Waals surface area (Å²) in [5, 5.41) is 9.53. The standard InChI is InChI=1S/C24H32N2O4/c1-3-30-23(29)14-11-16(2)26(17-12-13-17)24-18-7-4-5-9-20(18)25(15-22(27)28)21-10-6-8-19(21)24/h4-5,7,9,17,19,21,24H,2-3,6,8,10-15H2,1H3,(H,27,28). The maximum absolute atomic E-state index is 11.9. The number of para-hydroxylation sites is 1. The molecule has 3 aliphatic rings. The average Bonchev–Trinajstić information content (AvgIpc) is 3.43. The average molecular weight is 413 g/mol. The number of allylic oxidation sites excluding steroid dienone is 1. The SMILES string of the molecule is C=C(CCC(=O)OCC)N(C1CC1)C1c2ccccc2N(CC(=O)O)C2CCCC21. The second kappa shape index (κ2) is 8.70. The molecule has 30 heavy (non-hydrogen) atoms. The number of anilines is 1. The molecule has 0 amide bonds. The van der Waals surface area contributed by atoms with E-state index in [-0.39, 0.29) is 24.6 Å². The molecule has 2 saturated carbocycles. The number of carboxylic acids is 1. The Kier molecular flexibility index (Phi) is 6.02. The molecule has 1 aromatic carbocycles. The van der Waals surface area contributed by atoms with Crippen molar-refractivity contribution in [2.24, 2.45) is 5.92 Å². The fourth-order valence-corrected chi connectivity index (χ4v) is 5.48. The molecule has 2 aliphatic carbocycles. The highest BCUT2D eigenvalue weighted by atomic mass is 16.5. The Morgan fingerprint density at radius 2 is 1.97 bits per heavy atom. The third kappa shape index (κ3) is 4.05. The normalized spacial score (nSPS) is 24.7. The van der Waals surface area contributed by atoms with Crippen molar-refractivity contribution in [2.45, 2.75) is 70.0 Å². The highest BCUT2D eigenvalue weighted by Gasteiger charge is 2.49. The van der Waals surface area contributed by atoms with Crippen LogP contribution in [0.25, 0.3) is 0 Å². The Hall–Kier alpha value is -2.50. The predicted molar refractivity (Wildman–Crippen MR) is 115 cm³/mol. The first kappa shape index (κ1) is 20.8. The molecule has 0 aromatic heterocycles. The van der Waals surface area contributed by atoms with Crippen LogP contribution in [0.1, 0.15) is 63.5 Å². The number of carbonyl (C=O) groups excluding carboxylic acids is 1. The monoisotopic (exact) mass is 412 g/mol. The zero-order valence-corrected chi connectivity index (χ0v) is 17.8. The lowest BCUT2D eigenvalue weighted by Gasteiger charge is -2.49. The number of nitrogens with zero attached hydrogens (tertiary/aromatic N) is 2. The van der Waals surface area contributed by atoms with E-state index in [2.05, 4.69) is 28.5 Å². The van der Waals surface area contributed by atoms with Crippen LogP contribution in [-0.4, -0.2) is 47.2 Å². The fourth-order valence-electron chi connectivity index (χ4n) is 5.48. The molecule has 0 saturated heterocycles. The second-order valence-corrected chi connectivity index (χ2v) is 8.70. The fraction of sp³-hybridized carbons (Fsp3) is 0.583. The first-order valence-corrected chi connectivity index (χ1v) is 11.2. The van der Waals surface area contributed by atoms with E-state index in [1.54, 1.807) is 0 Å². The number of ether oxygens (including phenoxy) is 1. The topological polar surface area (TPSA) is 70.1 Å². The van der Waals surface area contributed by atoms with Crippen LogP contribution in [0.5, 0.6) is 0 Å². The van der Waals surface area contributed by atoms with Gasteiger partial charge in [-0.1, -0.05) is 31.2 Å². The van der Waals surface area contributed by atoms with E-state index in [0.29, 0.717) is 31.4 Å². The van der Waals surface area contributed by atoms with E-state index in [1.165, 1.54) is 5.56 Å². The summed E-state index contributed by atoms with van der Waals surface area (Å²) in [5.41, 5.74) is 3.24. The number of fused-ring (bicyclic) bond motifs is 2. The molecular formula is C24H32N2O4. The number of hydrogen-bond acceptors (Lipinski definition) is 5. The van der Waals surface area contributed by atoms with Gasteiger partial charge in [0.05, 0.1) is 19.1 Å². The third-order valence-electron chi connectivity index (χ3n) is 6.74. The summed E-state index contributed by atoms with van der Waals surface area (Å²) in [7, 11) is 0. The van der Waals surface area contributed by atoms with Crippen LogP contribution in [0.4, 0.5) is 5.69 Å². The van der Waals surface area contributed by atoms with E-state index in [0.717, 1.165) is 43.5 Å². The number of rotatable bonds is 9. The van der Waals surface area contributed by atoms with E-state index in [1.807, 2.05) is 19.1 Å². The molecule has 0 spiro atoms. The maximum Gasteiger partial charge on any atom is 0.323 e. The number of carbonyl (C=O) groups is 2. The van der Waals surface area contributed by atoms with Gasteiger partial charge in [-0.15, -0.1) is 0 Å². The van der Waals surface area contributed by atoms with Crippen LogP contribution >= 0.6 is 0 Å². The molecule has 0 bridgehead atoms. The van der Waals surface area contributed by atoms with Crippen LogP contribution in [0.3, 0.4) is 0 Å². The van der Waals surface area contributed by atoms with Crippen LogP contribution in [0, 0.1) is 5.92 Å². The lowest BCUT2D eigenvalue weighted by Crippen LogP contribution is -2.50. The first-order chi connectivity index (χ1) is 14.5. The summed E-state index contributed by atoms with van der Waals surface area (Å²) < 4.78 is 5.11. The highest BCUT2D eigenvalue weighted by molar-refractivity contribution is 5.75. The van der Waals surface area contributed by atoms with Crippen LogP contribution < -0.4 is 4.90 Å². The Morgan fingerprint density at radius 1 is 1.20 bits per heavy atom. The lowest BCUT2D eigenvalue weighted by atomic mass is 9.81. The largest absolute Gasteiger partial charge is 0.480 e. The Balaban J connectivity index is 1.65. The van der Waals surface area contributed by atoms with Gasteiger partial charge in [-0.05, 0) is 50.7 Å². The lowest BCUT2D eigenvalue weighted by molar-refractivity contribution is -0.143. The molecule has 1 aromatic rings. The van der Waals surface area contributed by atoms with Gasteiger partial charge in [0.1, 0.15) is 6.54 Å². The van der Waals surface area contributed by atoms with E-state index in [4.69, 9.17) is 4.74 Å². The van der Waals surface area contributed by atoms with Crippen LogP contribution in [0.2, 0.25) is 0 Å². The number of esters is 1. The minimum atomic E-state index is -0.785. The van der Waals surface area contributed by atoms with Gasteiger partial charge in [-0.25, -0.2) is 0 Å². The smallest absolute Gasteiger partial charge is 0.323 e. The zero-order chi connectivity index (χ0) is 21.3. The molecule has 162 valence electrons. The highest BCUT2D eigenvalue weighted by Crippen LogP contribution is 2.53. The molecular weight excluding hydrogens is 380 g/mol. The summed E-state index contributed by atoms with van der Waals surface area (Å²) in [6, 6.07) is 9.15. The minimum absolute atomic E-state index is 0.0398. The number of benzene rings is 1. The van der Waals surface area contributed by atoms with Crippen LogP contribution in [0.15, 0.2) is 36.5 Å². The van der Waals surface area contributed by atoms with E-state index >= 15 is 0 Å². The van der Waals surface area contributed by atoms with Crippen molar-refractivity contribution < 1.29 is 19.4 Å². The van der Waals surface area contributed by atoms with Crippen molar-refractivity contribution in [3.8, 4) is 0 Å². The van der Waals surface area contributed by atoms with Crippen molar-refractivity contribution in [2.75, 3.05) is 18.1 Å². The molecule has 0 radical (unpaired) electrons. The second-order valence-electron chi connectivity index (χ2n) is 8.70. The molecule has 1 N–H and O–H groups in total. The van der Waals surface area contributed by atoms with Crippen molar-refractivity contribution in [3.63, 3.8) is 0 Å². The summed E-state index contributed by atoms with van der Waals surface area (Å²) in [6.45, 7) is 6.65. The summed E-state index contributed by atoms with van der Waals surface area (Å²) in [6.07, 6.45) is 6.48. The Bertz CT molecular complexity index is 819. The summed E-state index contributed by atoms with van der Waals surface area (Å²) >= 11 is 0. The predicted octanol–water partition coefficient (Wildman–Crippen LogP) is 4.12. The molecule has 2 fully saturated rings. The van der Waals surface area contributed by atoms with Gasteiger partial charge in [0.2, 0.25) is 0 Å². The Morgan fingerprint density at radius 3 is 2.67 bits per heavy atom. The van der Waals surface area contributed by atoms with E-state index in [9.17, 15) is 14.7 Å². The van der Waals surface area contributed by atoms with Crippen molar-refractivity contribution >= 4 is 17.6 Å². The Labute approximate surface area is 178 Å². The number of aliphatic carboxylic acids is 1. The number of hydrogen-bond donors (Lipinski definition) is 1. The summed E-state index contributed by atoms with van der Waals surface area (Å²) in [5.74, 6) is -0.587. The van der Waals surface area contributed by atoms with Gasteiger partial charge >= 0.3 is 11.9 Å². The summed E-state index contributed by atoms with van der Waals surface area (Å²) in [4.78, 5) is 28.1.